The molecule has 0 bridgehead atoms. The van der Waals surface area contributed by atoms with Crippen LogP contribution in [0, 0.1) is 5.41 Å². The molecule has 2 N–H and O–H groups in total. The highest BCUT2D eigenvalue weighted by atomic mass is 16.3. The van der Waals surface area contributed by atoms with E-state index in [4.69, 9.17) is 9.52 Å². The first-order valence-electron chi connectivity index (χ1n) is 6.14. The molecular formula is C14H21NO3. The number of carbonyl (C=O) groups is 1. The molecule has 1 heterocycles. The van der Waals surface area contributed by atoms with E-state index in [-0.39, 0.29) is 17.9 Å². The lowest BCUT2D eigenvalue weighted by molar-refractivity contribution is -0.116. The number of furan rings is 1. The lowest BCUT2D eigenvalue weighted by Gasteiger charge is -2.24. The monoisotopic (exact) mass is 251 g/mol. The van der Waals surface area contributed by atoms with Crippen molar-refractivity contribution >= 4 is 12.0 Å². The molecule has 1 amide bonds. The van der Waals surface area contributed by atoms with Gasteiger partial charge >= 0.3 is 0 Å². The third kappa shape index (κ3) is 5.68. The Morgan fingerprint density at radius 1 is 1.56 bits per heavy atom. The zero-order valence-electron chi connectivity index (χ0n) is 11.0. The predicted molar refractivity (Wildman–Crippen MR) is 70.9 cm³/mol. The van der Waals surface area contributed by atoms with E-state index in [0.29, 0.717) is 12.3 Å². The molecular weight excluding hydrogens is 230 g/mol. The zero-order chi connectivity index (χ0) is 13.4. The fourth-order valence-corrected chi connectivity index (χ4v) is 1.58. The summed E-state index contributed by atoms with van der Waals surface area (Å²) in [6, 6.07) is 3.56. The molecule has 0 aromatic carbocycles. The normalized spacial score (nSPS) is 11.9. The van der Waals surface area contributed by atoms with Gasteiger partial charge in [-0.3, -0.25) is 4.79 Å². The lowest BCUT2D eigenvalue weighted by Crippen LogP contribution is -2.33. The molecule has 1 aromatic heterocycles. The summed E-state index contributed by atoms with van der Waals surface area (Å²) in [5, 5.41) is 11.6. The van der Waals surface area contributed by atoms with Crippen molar-refractivity contribution in [1.82, 2.24) is 5.32 Å². The van der Waals surface area contributed by atoms with Crippen LogP contribution >= 0.6 is 0 Å². The average molecular weight is 251 g/mol. The van der Waals surface area contributed by atoms with Gasteiger partial charge in [0.1, 0.15) is 5.76 Å². The van der Waals surface area contributed by atoms with Gasteiger partial charge in [0, 0.05) is 19.2 Å². The maximum absolute atomic E-state index is 11.6. The van der Waals surface area contributed by atoms with Gasteiger partial charge in [-0.2, -0.15) is 0 Å². The summed E-state index contributed by atoms with van der Waals surface area (Å²) in [6.45, 7) is 4.92. The van der Waals surface area contributed by atoms with E-state index < -0.39 is 0 Å². The van der Waals surface area contributed by atoms with Gasteiger partial charge in [0.15, 0.2) is 0 Å². The minimum absolute atomic E-state index is 0.00306. The molecule has 0 spiro atoms. The SMILES string of the molecule is CC(C)(CCCO)CNC(=O)/C=C/c1ccco1. The van der Waals surface area contributed by atoms with Crippen molar-refractivity contribution in [3.63, 3.8) is 0 Å². The Balaban J connectivity index is 2.32. The van der Waals surface area contributed by atoms with Crippen molar-refractivity contribution in [2.45, 2.75) is 26.7 Å². The van der Waals surface area contributed by atoms with Crippen LogP contribution in [0.2, 0.25) is 0 Å². The summed E-state index contributed by atoms with van der Waals surface area (Å²) in [6.07, 6.45) is 6.30. The second kappa shape index (κ2) is 7.01. The summed E-state index contributed by atoms with van der Waals surface area (Å²) < 4.78 is 5.09. The van der Waals surface area contributed by atoms with Gasteiger partial charge in [-0.25, -0.2) is 0 Å². The van der Waals surface area contributed by atoms with E-state index in [1.807, 2.05) is 0 Å². The summed E-state index contributed by atoms with van der Waals surface area (Å²) >= 11 is 0. The fourth-order valence-electron chi connectivity index (χ4n) is 1.58. The Labute approximate surface area is 108 Å². The topological polar surface area (TPSA) is 62.5 Å². The quantitative estimate of drug-likeness (QED) is 0.730. The number of hydrogen-bond donors (Lipinski definition) is 2. The maximum atomic E-state index is 11.6. The molecule has 0 saturated heterocycles. The Kier molecular flexibility index (Phi) is 5.65. The summed E-state index contributed by atoms with van der Waals surface area (Å²) in [4.78, 5) is 11.6. The van der Waals surface area contributed by atoms with E-state index in [9.17, 15) is 4.79 Å². The third-order valence-electron chi connectivity index (χ3n) is 2.69. The molecule has 0 atom stereocenters. The summed E-state index contributed by atoms with van der Waals surface area (Å²) in [5.41, 5.74) is -0.00306. The molecule has 1 rings (SSSR count). The molecule has 4 heteroatoms. The van der Waals surface area contributed by atoms with E-state index in [0.717, 1.165) is 12.8 Å². The van der Waals surface area contributed by atoms with E-state index >= 15 is 0 Å². The molecule has 0 saturated carbocycles. The van der Waals surface area contributed by atoms with E-state index in [2.05, 4.69) is 19.2 Å². The van der Waals surface area contributed by atoms with Crippen LogP contribution in [0.3, 0.4) is 0 Å². The largest absolute Gasteiger partial charge is 0.465 e. The van der Waals surface area contributed by atoms with Crippen LogP contribution in [0.5, 0.6) is 0 Å². The van der Waals surface area contributed by atoms with Gasteiger partial charge in [0.2, 0.25) is 5.91 Å². The molecule has 0 aliphatic carbocycles. The Bertz CT molecular complexity index is 380. The van der Waals surface area contributed by atoms with Crippen LogP contribution < -0.4 is 5.32 Å². The van der Waals surface area contributed by atoms with Crippen molar-refractivity contribution < 1.29 is 14.3 Å². The van der Waals surface area contributed by atoms with Gasteiger partial charge in [-0.1, -0.05) is 13.8 Å². The average Bonchev–Trinajstić information content (AvgIpc) is 2.84. The Morgan fingerprint density at radius 2 is 2.33 bits per heavy atom. The van der Waals surface area contributed by atoms with Crippen LogP contribution in [0.25, 0.3) is 6.08 Å². The highest BCUT2D eigenvalue weighted by Crippen LogP contribution is 2.20. The van der Waals surface area contributed by atoms with E-state index in [1.54, 1.807) is 24.5 Å². The Morgan fingerprint density at radius 3 is 2.94 bits per heavy atom. The van der Waals surface area contributed by atoms with Crippen molar-refractivity contribution in [3.8, 4) is 0 Å². The second-order valence-corrected chi connectivity index (χ2v) is 5.06. The van der Waals surface area contributed by atoms with Gasteiger partial charge in [0.25, 0.3) is 0 Å². The molecule has 0 radical (unpaired) electrons. The molecule has 1 aromatic rings. The molecule has 0 aliphatic rings. The second-order valence-electron chi connectivity index (χ2n) is 5.06. The van der Waals surface area contributed by atoms with Crippen LogP contribution in [0.1, 0.15) is 32.4 Å². The number of nitrogens with one attached hydrogen (secondary N) is 1. The smallest absolute Gasteiger partial charge is 0.244 e. The minimum atomic E-state index is -0.136. The van der Waals surface area contributed by atoms with Gasteiger partial charge in [-0.05, 0) is 36.5 Å². The number of amides is 1. The van der Waals surface area contributed by atoms with Gasteiger partial charge < -0.3 is 14.8 Å². The van der Waals surface area contributed by atoms with Crippen molar-refractivity contribution in [2.75, 3.05) is 13.2 Å². The number of hydrogen-bond acceptors (Lipinski definition) is 3. The molecule has 18 heavy (non-hydrogen) atoms. The third-order valence-corrected chi connectivity index (χ3v) is 2.69. The highest BCUT2D eigenvalue weighted by molar-refractivity contribution is 5.91. The van der Waals surface area contributed by atoms with Crippen molar-refractivity contribution in [2.24, 2.45) is 5.41 Å². The highest BCUT2D eigenvalue weighted by Gasteiger charge is 2.17. The standard InChI is InChI=1S/C14H21NO3/c1-14(2,8-4-9-16)11-15-13(17)7-6-12-5-3-10-18-12/h3,5-7,10,16H,4,8-9,11H2,1-2H3,(H,15,17)/b7-6+. The zero-order valence-corrected chi connectivity index (χ0v) is 11.0. The number of rotatable bonds is 7. The van der Waals surface area contributed by atoms with Crippen LogP contribution in [0.4, 0.5) is 0 Å². The van der Waals surface area contributed by atoms with Gasteiger partial charge in [0.05, 0.1) is 6.26 Å². The summed E-state index contributed by atoms with van der Waals surface area (Å²) in [7, 11) is 0. The van der Waals surface area contributed by atoms with Crippen molar-refractivity contribution in [3.05, 3.63) is 30.2 Å². The molecule has 0 aliphatic heterocycles. The maximum Gasteiger partial charge on any atom is 0.244 e. The molecule has 4 nitrogen and oxygen atoms in total. The first kappa shape index (κ1) is 14.5. The summed E-state index contributed by atoms with van der Waals surface area (Å²) in [5.74, 6) is 0.521. The van der Waals surface area contributed by atoms with Gasteiger partial charge in [-0.15, -0.1) is 0 Å². The number of aliphatic hydroxyl groups is 1. The minimum Gasteiger partial charge on any atom is -0.465 e. The molecule has 100 valence electrons. The predicted octanol–water partition coefficient (Wildman–Crippen LogP) is 2.21. The first-order chi connectivity index (χ1) is 8.53. The van der Waals surface area contributed by atoms with E-state index in [1.165, 1.54) is 6.08 Å². The lowest BCUT2D eigenvalue weighted by atomic mass is 9.88. The van der Waals surface area contributed by atoms with Crippen LogP contribution in [-0.2, 0) is 4.79 Å². The number of aliphatic hydroxyl groups excluding tert-OH is 1. The molecule has 0 fully saturated rings. The number of carbonyl (C=O) groups excluding carboxylic acids is 1. The van der Waals surface area contributed by atoms with Crippen LogP contribution in [0.15, 0.2) is 28.9 Å². The Hall–Kier alpha value is -1.55. The fraction of sp³-hybridized carbons (Fsp3) is 0.500. The molecule has 0 unspecified atom stereocenters. The van der Waals surface area contributed by atoms with Crippen molar-refractivity contribution in [1.29, 1.82) is 0 Å². The first-order valence-corrected chi connectivity index (χ1v) is 6.14. The van der Waals surface area contributed by atoms with Crippen LogP contribution in [-0.4, -0.2) is 24.2 Å².